The van der Waals surface area contributed by atoms with Gasteiger partial charge in [-0.3, -0.25) is 9.59 Å². The molecule has 0 bridgehead atoms. The standard InChI is InChI=1S/C12H15N3O2/c16-11(15-9-4-2-1-3-5-9)8-10-12(17)14-7-6-13-10/h1-5,10,13H,6-8H2,(H,14,17)(H,15,16). The molecule has 1 aromatic rings. The Balaban J connectivity index is 1.87. The molecule has 0 aromatic heterocycles. The van der Waals surface area contributed by atoms with Crippen molar-refractivity contribution in [2.45, 2.75) is 12.5 Å². The number of nitrogens with one attached hydrogen (secondary N) is 3. The highest BCUT2D eigenvalue weighted by atomic mass is 16.2. The zero-order valence-corrected chi connectivity index (χ0v) is 9.40. The molecule has 0 radical (unpaired) electrons. The number of anilines is 1. The number of benzene rings is 1. The molecule has 0 aliphatic carbocycles. The van der Waals surface area contributed by atoms with Crippen molar-refractivity contribution in [1.82, 2.24) is 10.6 Å². The van der Waals surface area contributed by atoms with Gasteiger partial charge in [0, 0.05) is 18.8 Å². The Labute approximate surface area is 99.6 Å². The average Bonchev–Trinajstić information content (AvgIpc) is 2.33. The van der Waals surface area contributed by atoms with Crippen molar-refractivity contribution in [2.75, 3.05) is 18.4 Å². The van der Waals surface area contributed by atoms with Gasteiger partial charge in [-0.1, -0.05) is 18.2 Å². The van der Waals surface area contributed by atoms with E-state index in [1.807, 2.05) is 30.3 Å². The molecule has 1 aliphatic heterocycles. The summed E-state index contributed by atoms with van der Waals surface area (Å²) >= 11 is 0. The average molecular weight is 233 g/mol. The molecule has 90 valence electrons. The summed E-state index contributed by atoms with van der Waals surface area (Å²) in [5, 5.41) is 8.48. The molecule has 2 rings (SSSR count). The summed E-state index contributed by atoms with van der Waals surface area (Å²) in [5.41, 5.74) is 0.744. The van der Waals surface area contributed by atoms with Crippen LogP contribution in [0, 0.1) is 0 Å². The largest absolute Gasteiger partial charge is 0.353 e. The summed E-state index contributed by atoms with van der Waals surface area (Å²) in [5.74, 6) is -0.273. The van der Waals surface area contributed by atoms with Gasteiger partial charge in [-0.2, -0.15) is 0 Å². The maximum Gasteiger partial charge on any atom is 0.237 e. The van der Waals surface area contributed by atoms with Crippen LogP contribution in [0.3, 0.4) is 0 Å². The lowest BCUT2D eigenvalue weighted by Gasteiger charge is -2.22. The first-order valence-corrected chi connectivity index (χ1v) is 5.62. The van der Waals surface area contributed by atoms with Crippen LogP contribution in [0.4, 0.5) is 5.69 Å². The fourth-order valence-electron chi connectivity index (χ4n) is 1.73. The van der Waals surface area contributed by atoms with Gasteiger partial charge in [0.25, 0.3) is 0 Å². The normalized spacial score (nSPS) is 19.5. The van der Waals surface area contributed by atoms with Gasteiger partial charge >= 0.3 is 0 Å². The number of carbonyl (C=O) groups is 2. The molecule has 0 spiro atoms. The van der Waals surface area contributed by atoms with Gasteiger partial charge in [0.15, 0.2) is 0 Å². The third-order valence-electron chi connectivity index (χ3n) is 2.58. The van der Waals surface area contributed by atoms with E-state index < -0.39 is 6.04 Å². The van der Waals surface area contributed by atoms with E-state index >= 15 is 0 Å². The minimum atomic E-state index is -0.424. The highest BCUT2D eigenvalue weighted by Gasteiger charge is 2.23. The van der Waals surface area contributed by atoms with Crippen LogP contribution in [0.5, 0.6) is 0 Å². The van der Waals surface area contributed by atoms with Crippen molar-refractivity contribution < 1.29 is 9.59 Å². The van der Waals surface area contributed by atoms with Crippen LogP contribution in [-0.2, 0) is 9.59 Å². The van der Waals surface area contributed by atoms with Crippen LogP contribution in [0.2, 0.25) is 0 Å². The van der Waals surface area contributed by atoms with E-state index in [4.69, 9.17) is 0 Å². The number of para-hydroxylation sites is 1. The molecule has 0 saturated carbocycles. The summed E-state index contributed by atoms with van der Waals surface area (Å²) in [4.78, 5) is 23.1. The van der Waals surface area contributed by atoms with Gasteiger partial charge < -0.3 is 16.0 Å². The number of piperazine rings is 1. The number of carbonyl (C=O) groups excluding carboxylic acids is 2. The summed E-state index contributed by atoms with van der Waals surface area (Å²) in [6, 6.07) is 8.78. The smallest absolute Gasteiger partial charge is 0.237 e. The molecule has 1 saturated heterocycles. The second-order valence-electron chi connectivity index (χ2n) is 3.92. The Kier molecular flexibility index (Phi) is 3.72. The van der Waals surface area contributed by atoms with Gasteiger partial charge in [0.05, 0.1) is 12.5 Å². The summed E-state index contributed by atoms with van der Waals surface area (Å²) in [7, 11) is 0. The Hall–Kier alpha value is -1.88. The van der Waals surface area contributed by atoms with Crippen molar-refractivity contribution in [3.63, 3.8) is 0 Å². The number of rotatable bonds is 3. The highest BCUT2D eigenvalue weighted by Crippen LogP contribution is 2.06. The van der Waals surface area contributed by atoms with Crippen molar-refractivity contribution in [2.24, 2.45) is 0 Å². The minimum absolute atomic E-state index is 0.112. The van der Waals surface area contributed by atoms with Crippen molar-refractivity contribution in [3.8, 4) is 0 Å². The molecule has 1 aliphatic rings. The van der Waals surface area contributed by atoms with Crippen molar-refractivity contribution in [3.05, 3.63) is 30.3 Å². The molecule has 1 atom stereocenters. The first kappa shape index (κ1) is 11.6. The molecule has 2 amide bonds. The fraction of sp³-hybridized carbons (Fsp3) is 0.333. The summed E-state index contributed by atoms with van der Waals surface area (Å²) in [6.45, 7) is 1.32. The van der Waals surface area contributed by atoms with Gasteiger partial charge in [-0.15, -0.1) is 0 Å². The molecule has 1 fully saturated rings. The number of hydrogen-bond acceptors (Lipinski definition) is 3. The van der Waals surface area contributed by atoms with Gasteiger partial charge in [0.1, 0.15) is 0 Å². The first-order valence-electron chi connectivity index (χ1n) is 5.62. The molecule has 1 aromatic carbocycles. The second-order valence-corrected chi connectivity index (χ2v) is 3.92. The van der Waals surface area contributed by atoms with Crippen LogP contribution in [0.1, 0.15) is 6.42 Å². The van der Waals surface area contributed by atoms with E-state index in [9.17, 15) is 9.59 Å². The quantitative estimate of drug-likeness (QED) is 0.693. The van der Waals surface area contributed by atoms with E-state index in [2.05, 4.69) is 16.0 Å². The summed E-state index contributed by atoms with van der Waals surface area (Å²) < 4.78 is 0. The van der Waals surface area contributed by atoms with E-state index in [-0.39, 0.29) is 18.2 Å². The molecular formula is C12H15N3O2. The van der Waals surface area contributed by atoms with Gasteiger partial charge in [0.2, 0.25) is 11.8 Å². The lowest BCUT2D eigenvalue weighted by atomic mass is 10.1. The van der Waals surface area contributed by atoms with Crippen LogP contribution in [-0.4, -0.2) is 30.9 Å². The Morgan fingerprint density at radius 3 is 2.76 bits per heavy atom. The third kappa shape index (κ3) is 3.29. The molecule has 1 unspecified atom stereocenters. The zero-order chi connectivity index (χ0) is 12.1. The molecule has 5 nitrogen and oxygen atoms in total. The minimum Gasteiger partial charge on any atom is -0.353 e. The SMILES string of the molecule is O=C(CC1NCCNC1=O)Nc1ccccc1. The van der Waals surface area contributed by atoms with E-state index in [0.717, 1.165) is 5.69 Å². The first-order chi connectivity index (χ1) is 8.25. The maximum atomic E-state index is 11.7. The Morgan fingerprint density at radius 2 is 2.06 bits per heavy atom. The Bertz CT molecular complexity index is 405. The fourth-order valence-corrected chi connectivity index (χ4v) is 1.73. The predicted molar refractivity (Wildman–Crippen MR) is 64.5 cm³/mol. The van der Waals surface area contributed by atoms with E-state index in [1.54, 1.807) is 0 Å². The molecule has 1 heterocycles. The molecule has 5 heteroatoms. The van der Waals surface area contributed by atoms with Crippen molar-refractivity contribution >= 4 is 17.5 Å². The van der Waals surface area contributed by atoms with Gasteiger partial charge in [-0.25, -0.2) is 0 Å². The van der Waals surface area contributed by atoms with E-state index in [1.165, 1.54) is 0 Å². The van der Waals surface area contributed by atoms with Crippen LogP contribution >= 0.6 is 0 Å². The van der Waals surface area contributed by atoms with Crippen LogP contribution < -0.4 is 16.0 Å². The molecular weight excluding hydrogens is 218 g/mol. The van der Waals surface area contributed by atoms with E-state index in [0.29, 0.717) is 13.1 Å². The Morgan fingerprint density at radius 1 is 1.29 bits per heavy atom. The monoisotopic (exact) mass is 233 g/mol. The topological polar surface area (TPSA) is 70.2 Å². The van der Waals surface area contributed by atoms with Crippen LogP contribution in [0.25, 0.3) is 0 Å². The number of amides is 2. The zero-order valence-electron chi connectivity index (χ0n) is 9.40. The third-order valence-corrected chi connectivity index (χ3v) is 2.58. The highest BCUT2D eigenvalue weighted by molar-refractivity contribution is 5.95. The molecule has 3 N–H and O–H groups in total. The van der Waals surface area contributed by atoms with Gasteiger partial charge in [-0.05, 0) is 12.1 Å². The lowest BCUT2D eigenvalue weighted by molar-refractivity contribution is -0.127. The summed E-state index contributed by atoms with van der Waals surface area (Å²) in [6.07, 6.45) is 0.153. The predicted octanol–water partition coefficient (Wildman–Crippen LogP) is 0.103. The van der Waals surface area contributed by atoms with Crippen LogP contribution in [0.15, 0.2) is 30.3 Å². The maximum absolute atomic E-state index is 11.7. The number of hydrogen-bond donors (Lipinski definition) is 3. The van der Waals surface area contributed by atoms with Crippen molar-refractivity contribution in [1.29, 1.82) is 0 Å². The second kappa shape index (κ2) is 5.45. The lowest BCUT2D eigenvalue weighted by Crippen LogP contribution is -2.53. The molecule has 17 heavy (non-hydrogen) atoms.